The molecule has 1 unspecified atom stereocenters. The molecule has 0 radical (unpaired) electrons. The summed E-state index contributed by atoms with van der Waals surface area (Å²) in [4.78, 5) is 11.2. The number of nitrogens with one attached hydrogen (secondary N) is 2. The lowest BCUT2D eigenvalue weighted by Gasteiger charge is -2.13. The predicted molar refractivity (Wildman–Crippen MR) is 64.4 cm³/mol. The number of rotatable bonds is 4. The molecule has 1 rings (SSSR count). The van der Waals surface area contributed by atoms with Crippen LogP contribution in [0, 0.1) is 11.6 Å². The molecule has 94 valence electrons. The van der Waals surface area contributed by atoms with E-state index < -0.39 is 17.7 Å². The molecule has 1 aromatic rings. The smallest absolute Gasteiger partial charge is 0.236 e. The first-order chi connectivity index (χ1) is 7.97. The Hall–Kier alpha value is -1.01. The molecule has 0 fully saturated rings. The van der Waals surface area contributed by atoms with Gasteiger partial charge in [-0.2, -0.15) is 0 Å². The van der Waals surface area contributed by atoms with Crippen LogP contribution < -0.4 is 10.6 Å². The normalized spacial score (nSPS) is 12.3. The molecule has 0 bridgehead atoms. The zero-order chi connectivity index (χ0) is 13.0. The monoisotopic (exact) mass is 306 g/mol. The number of hydrogen-bond acceptors (Lipinski definition) is 2. The first-order valence-corrected chi connectivity index (χ1v) is 5.84. The lowest BCUT2D eigenvalue weighted by Crippen LogP contribution is -2.40. The van der Waals surface area contributed by atoms with Gasteiger partial charge < -0.3 is 10.6 Å². The lowest BCUT2D eigenvalue weighted by atomic mass is 10.2. The van der Waals surface area contributed by atoms with Crippen LogP contribution in [0.25, 0.3) is 0 Å². The standard InChI is InChI=1S/C11H13BrF2N2O/c1-6(11(17)15-2)16-5-7-9(13)4-3-8(12)10(7)14/h3-4,6,16H,5H2,1-2H3,(H,15,17). The highest BCUT2D eigenvalue weighted by atomic mass is 79.9. The molecule has 0 heterocycles. The van der Waals surface area contributed by atoms with Gasteiger partial charge in [0.05, 0.1) is 10.5 Å². The maximum atomic E-state index is 13.6. The van der Waals surface area contributed by atoms with E-state index in [-0.39, 0.29) is 22.5 Å². The fourth-order valence-electron chi connectivity index (χ4n) is 1.30. The molecule has 1 atom stereocenters. The third-order valence-corrected chi connectivity index (χ3v) is 2.98. The molecule has 6 heteroatoms. The van der Waals surface area contributed by atoms with Gasteiger partial charge >= 0.3 is 0 Å². The number of hydrogen-bond donors (Lipinski definition) is 2. The highest BCUT2D eigenvalue weighted by Gasteiger charge is 2.15. The Morgan fingerprint density at radius 1 is 1.47 bits per heavy atom. The summed E-state index contributed by atoms with van der Waals surface area (Å²) in [5.41, 5.74) is -0.0878. The number of amides is 1. The molecular weight excluding hydrogens is 294 g/mol. The van der Waals surface area contributed by atoms with Crippen LogP contribution in [0.2, 0.25) is 0 Å². The fourth-order valence-corrected chi connectivity index (χ4v) is 1.67. The van der Waals surface area contributed by atoms with E-state index in [9.17, 15) is 13.6 Å². The van der Waals surface area contributed by atoms with Gasteiger partial charge in [-0.1, -0.05) is 0 Å². The van der Waals surface area contributed by atoms with Crippen LogP contribution in [0.5, 0.6) is 0 Å². The Morgan fingerprint density at radius 3 is 2.71 bits per heavy atom. The Kier molecular flexibility index (Phi) is 5.02. The van der Waals surface area contributed by atoms with E-state index >= 15 is 0 Å². The third kappa shape index (κ3) is 3.47. The summed E-state index contributed by atoms with van der Waals surface area (Å²) in [6.45, 7) is 1.57. The SMILES string of the molecule is CNC(=O)C(C)NCc1c(F)ccc(Br)c1F. The van der Waals surface area contributed by atoms with Gasteiger partial charge in [-0.25, -0.2) is 8.78 Å². The Morgan fingerprint density at radius 2 is 2.12 bits per heavy atom. The van der Waals surface area contributed by atoms with Gasteiger partial charge in [0.15, 0.2) is 0 Å². The van der Waals surface area contributed by atoms with Gasteiger partial charge in [0.25, 0.3) is 0 Å². The largest absolute Gasteiger partial charge is 0.358 e. The maximum absolute atomic E-state index is 13.6. The number of carbonyl (C=O) groups is 1. The molecular formula is C11H13BrF2N2O. The third-order valence-electron chi connectivity index (χ3n) is 2.36. The molecule has 3 nitrogen and oxygen atoms in total. The molecule has 0 saturated carbocycles. The second kappa shape index (κ2) is 6.07. The summed E-state index contributed by atoms with van der Waals surface area (Å²) in [5, 5.41) is 5.19. The molecule has 0 aromatic heterocycles. The van der Waals surface area contributed by atoms with Crippen LogP contribution in [0.15, 0.2) is 16.6 Å². The average molecular weight is 307 g/mol. The van der Waals surface area contributed by atoms with Crippen LogP contribution in [0.4, 0.5) is 8.78 Å². The van der Waals surface area contributed by atoms with Crippen molar-refractivity contribution >= 4 is 21.8 Å². The molecule has 0 saturated heterocycles. The van der Waals surface area contributed by atoms with E-state index in [4.69, 9.17) is 0 Å². The van der Waals surface area contributed by atoms with Crippen molar-refractivity contribution < 1.29 is 13.6 Å². The van der Waals surface area contributed by atoms with E-state index in [1.54, 1.807) is 6.92 Å². The minimum absolute atomic E-state index is 0.0499. The lowest BCUT2D eigenvalue weighted by molar-refractivity contribution is -0.122. The zero-order valence-electron chi connectivity index (χ0n) is 9.48. The summed E-state index contributed by atoms with van der Waals surface area (Å²) >= 11 is 2.98. The van der Waals surface area contributed by atoms with Crippen LogP contribution in [0.1, 0.15) is 12.5 Å². The Labute approximate surface area is 107 Å². The van der Waals surface area contributed by atoms with Crippen LogP contribution in [0.3, 0.4) is 0 Å². The maximum Gasteiger partial charge on any atom is 0.236 e. The summed E-state index contributed by atoms with van der Waals surface area (Å²) in [5.74, 6) is -1.52. The van der Waals surface area contributed by atoms with Gasteiger partial charge in [0, 0.05) is 19.2 Å². The molecule has 0 aliphatic rings. The first-order valence-electron chi connectivity index (χ1n) is 5.04. The second-order valence-corrected chi connectivity index (χ2v) is 4.39. The second-order valence-electron chi connectivity index (χ2n) is 3.54. The zero-order valence-corrected chi connectivity index (χ0v) is 11.1. The first kappa shape index (κ1) is 14.1. The summed E-state index contributed by atoms with van der Waals surface area (Å²) in [6, 6.07) is 1.96. The quantitative estimate of drug-likeness (QED) is 0.835. The van der Waals surface area contributed by atoms with E-state index in [1.807, 2.05) is 0 Å². The van der Waals surface area contributed by atoms with E-state index in [0.717, 1.165) is 0 Å². The summed E-state index contributed by atoms with van der Waals surface area (Å²) < 4.78 is 27.1. The molecule has 17 heavy (non-hydrogen) atoms. The van der Waals surface area contributed by atoms with E-state index in [2.05, 4.69) is 26.6 Å². The minimum atomic E-state index is -0.651. The van der Waals surface area contributed by atoms with Gasteiger partial charge in [-0.15, -0.1) is 0 Å². The van der Waals surface area contributed by atoms with Crippen LogP contribution in [-0.4, -0.2) is 19.0 Å². The number of halogens is 3. The van der Waals surface area contributed by atoms with E-state index in [0.29, 0.717) is 0 Å². The summed E-state index contributed by atoms with van der Waals surface area (Å²) in [6.07, 6.45) is 0. The van der Waals surface area contributed by atoms with Crippen molar-refractivity contribution in [1.29, 1.82) is 0 Å². The van der Waals surface area contributed by atoms with Crippen molar-refractivity contribution in [3.05, 3.63) is 33.8 Å². The predicted octanol–water partition coefficient (Wildman–Crippen LogP) is 1.95. The highest BCUT2D eigenvalue weighted by molar-refractivity contribution is 9.10. The molecule has 1 aromatic carbocycles. The molecule has 1 amide bonds. The molecule has 0 spiro atoms. The van der Waals surface area contributed by atoms with Gasteiger partial charge in [-0.05, 0) is 35.0 Å². The van der Waals surface area contributed by atoms with Crippen LogP contribution >= 0.6 is 15.9 Å². The van der Waals surface area contributed by atoms with Crippen molar-refractivity contribution in [2.24, 2.45) is 0 Å². The Balaban J connectivity index is 2.76. The number of carbonyl (C=O) groups excluding carboxylic acids is 1. The van der Waals surface area contributed by atoms with Crippen molar-refractivity contribution in [2.75, 3.05) is 7.05 Å². The van der Waals surface area contributed by atoms with Gasteiger partial charge in [0.1, 0.15) is 11.6 Å². The topological polar surface area (TPSA) is 41.1 Å². The minimum Gasteiger partial charge on any atom is -0.358 e. The van der Waals surface area contributed by atoms with E-state index in [1.165, 1.54) is 19.2 Å². The molecule has 2 N–H and O–H groups in total. The fraction of sp³-hybridized carbons (Fsp3) is 0.364. The Bertz CT molecular complexity index is 426. The van der Waals surface area contributed by atoms with Gasteiger partial charge in [0.2, 0.25) is 5.91 Å². The number of likely N-dealkylation sites (N-methyl/N-ethyl adjacent to an activating group) is 1. The number of benzene rings is 1. The van der Waals surface area contributed by atoms with Crippen molar-refractivity contribution in [2.45, 2.75) is 19.5 Å². The molecule has 0 aliphatic carbocycles. The van der Waals surface area contributed by atoms with Crippen LogP contribution in [-0.2, 0) is 11.3 Å². The van der Waals surface area contributed by atoms with Crippen molar-refractivity contribution in [3.63, 3.8) is 0 Å². The highest BCUT2D eigenvalue weighted by Crippen LogP contribution is 2.21. The van der Waals surface area contributed by atoms with Gasteiger partial charge in [-0.3, -0.25) is 4.79 Å². The average Bonchev–Trinajstić information content (AvgIpc) is 2.32. The molecule has 0 aliphatic heterocycles. The van der Waals surface area contributed by atoms with Crippen molar-refractivity contribution in [3.8, 4) is 0 Å². The summed E-state index contributed by atoms with van der Waals surface area (Å²) in [7, 11) is 1.50. The van der Waals surface area contributed by atoms with Crippen molar-refractivity contribution in [1.82, 2.24) is 10.6 Å².